The number of ether oxygens (including phenoxy) is 1. The molecule has 2 aromatic rings. The largest absolute Gasteiger partial charge is 0.452 e. The van der Waals surface area contributed by atoms with E-state index in [2.05, 4.69) is 5.32 Å². The van der Waals surface area contributed by atoms with Crippen LogP contribution < -0.4 is 10.2 Å². The maximum Gasteiger partial charge on any atom is 0.338 e. The van der Waals surface area contributed by atoms with Crippen molar-refractivity contribution in [3.8, 4) is 0 Å². The highest BCUT2D eigenvalue weighted by molar-refractivity contribution is 6.31. The summed E-state index contributed by atoms with van der Waals surface area (Å²) >= 11 is 5.79. The van der Waals surface area contributed by atoms with Crippen molar-refractivity contribution in [3.05, 3.63) is 63.2 Å². The van der Waals surface area contributed by atoms with Gasteiger partial charge in [-0.05, 0) is 30.3 Å². The van der Waals surface area contributed by atoms with Crippen LogP contribution in [0, 0.1) is 10.1 Å². The van der Waals surface area contributed by atoms with Crippen LogP contribution in [0.2, 0.25) is 5.02 Å². The number of anilines is 2. The van der Waals surface area contributed by atoms with Crippen LogP contribution in [0.4, 0.5) is 17.1 Å². The summed E-state index contributed by atoms with van der Waals surface area (Å²) in [5.74, 6) is -1.39. The van der Waals surface area contributed by atoms with Crippen molar-refractivity contribution in [1.82, 2.24) is 0 Å². The van der Waals surface area contributed by atoms with Crippen LogP contribution in [-0.4, -0.2) is 37.5 Å². The van der Waals surface area contributed by atoms with Crippen molar-refractivity contribution < 1.29 is 19.2 Å². The zero-order chi connectivity index (χ0) is 19.3. The Morgan fingerprint density at radius 2 is 1.96 bits per heavy atom. The molecule has 2 aromatic carbocycles. The molecule has 1 amide bonds. The molecule has 2 rings (SSSR count). The van der Waals surface area contributed by atoms with Gasteiger partial charge in [0.1, 0.15) is 5.69 Å². The Kier molecular flexibility index (Phi) is 6.13. The molecule has 0 fully saturated rings. The number of benzene rings is 2. The number of rotatable bonds is 6. The molecule has 0 aliphatic rings. The lowest BCUT2D eigenvalue weighted by atomic mass is 10.2. The zero-order valence-electron chi connectivity index (χ0n) is 14.1. The SMILES string of the molecule is CN(C)c1cccc(C(=O)OCC(=O)Nc2cc(Cl)ccc2[N+](=O)[O-])c1. The van der Waals surface area contributed by atoms with Gasteiger partial charge in [0.25, 0.3) is 11.6 Å². The lowest BCUT2D eigenvalue weighted by Crippen LogP contribution is -2.21. The third-order valence-electron chi connectivity index (χ3n) is 3.36. The van der Waals surface area contributed by atoms with Gasteiger partial charge < -0.3 is 15.0 Å². The Bertz CT molecular complexity index is 854. The number of esters is 1. The van der Waals surface area contributed by atoms with E-state index in [1.54, 1.807) is 18.2 Å². The van der Waals surface area contributed by atoms with Gasteiger partial charge in [-0.1, -0.05) is 17.7 Å². The number of hydrogen-bond donors (Lipinski definition) is 1. The van der Waals surface area contributed by atoms with E-state index in [0.717, 1.165) is 5.69 Å². The van der Waals surface area contributed by atoms with Crippen molar-refractivity contribution in [2.45, 2.75) is 0 Å². The van der Waals surface area contributed by atoms with E-state index < -0.39 is 23.4 Å². The topological polar surface area (TPSA) is 102 Å². The predicted molar refractivity (Wildman–Crippen MR) is 97.8 cm³/mol. The number of amides is 1. The zero-order valence-corrected chi connectivity index (χ0v) is 14.8. The van der Waals surface area contributed by atoms with E-state index >= 15 is 0 Å². The Morgan fingerprint density at radius 1 is 1.23 bits per heavy atom. The molecular formula is C17H16ClN3O5. The quantitative estimate of drug-likeness (QED) is 0.471. The van der Waals surface area contributed by atoms with Gasteiger partial charge in [-0.2, -0.15) is 0 Å². The number of nitro groups is 1. The van der Waals surface area contributed by atoms with Gasteiger partial charge in [0.2, 0.25) is 0 Å². The maximum absolute atomic E-state index is 12.1. The smallest absolute Gasteiger partial charge is 0.338 e. The summed E-state index contributed by atoms with van der Waals surface area (Å²) in [6.07, 6.45) is 0. The highest BCUT2D eigenvalue weighted by atomic mass is 35.5. The lowest BCUT2D eigenvalue weighted by Gasteiger charge is -2.13. The molecule has 136 valence electrons. The molecule has 0 bridgehead atoms. The van der Waals surface area contributed by atoms with E-state index in [0.29, 0.717) is 0 Å². The Balaban J connectivity index is 2.01. The Morgan fingerprint density at radius 3 is 2.62 bits per heavy atom. The van der Waals surface area contributed by atoms with Crippen LogP contribution in [0.1, 0.15) is 10.4 Å². The number of nitrogens with one attached hydrogen (secondary N) is 1. The van der Waals surface area contributed by atoms with Gasteiger partial charge in [-0.25, -0.2) is 4.79 Å². The second-order valence-corrected chi connectivity index (χ2v) is 5.92. The standard InChI is InChI=1S/C17H16ClN3O5/c1-20(2)13-5-3-4-11(8-13)17(23)26-10-16(22)19-14-9-12(18)6-7-15(14)21(24)25/h3-9H,10H2,1-2H3,(H,19,22). The maximum atomic E-state index is 12.1. The molecule has 0 radical (unpaired) electrons. The minimum Gasteiger partial charge on any atom is -0.452 e. The number of nitrogens with zero attached hydrogens (tertiary/aromatic N) is 2. The first-order chi connectivity index (χ1) is 12.3. The van der Waals surface area contributed by atoms with Crippen LogP contribution >= 0.6 is 11.6 Å². The second-order valence-electron chi connectivity index (χ2n) is 5.49. The molecule has 0 heterocycles. The Hall–Kier alpha value is -3.13. The molecule has 0 unspecified atom stereocenters. The summed E-state index contributed by atoms with van der Waals surface area (Å²) in [5.41, 5.74) is 0.710. The van der Waals surface area contributed by atoms with Gasteiger partial charge in [0.15, 0.2) is 6.61 Å². The van der Waals surface area contributed by atoms with E-state index in [1.165, 1.54) is 18.2 Å². The van der Waals surface area contributed by atoms with Crippen molar-refractivity contribution in [3.63, 3.8) is 0 Å². The summed E-state index contributed by atoms with van der Waals surface area (Å²) in [6, 6.07) is 10.5. The van der Waals surface area contributed by atoms with Gasteiger partial charge >= 0.3 is 5.97 Å². The first-order valence-electron chi connectivity index (χ1n) is 7.46. The minimum atomic E-state index is -0.715. The third kappa shape index (κ3) is 4.93. The summed E-state index contributed by atoms with van der Waals surface area (Å²) in [4.78, 5) is 36.2. The molecule has 8 nitrogen and oxygen atoms in total. The van der Waals surface area contributed by atoms with E-state index in [9.17, 15) is 19.7 Å². The number of carbonyl (C=O) groups excluding carboxylic acids is 2. The predicted octanol–water partition coefficient (Wildman–Crippen LogP) is 3.11. The highest BCUT2D eigenvalue weighted by Crippen LogP contribution is 2.27. The molecule has 9 heteroatoms. The van der Waals surface area contributed by atoms with Crippen LogP contribution in [0.3, 0.4) is 0 Å². The first kappa shape index (κ1) is 19.2. The average Bonchev–Trinajstić information content (AvgIpc) is 2.59. The normalized spacial score (nSPS) is 10.1. The van der Waals surface area contributed by atoms with E-state index in [-0.39, 0.29) is 22.0 Å². The third-order valence-corrected chi connectivity index (χ3v) is 3.60. The molecule has 0 atom stereocenters. The molecule has 0 saturated heterocycles. The molecule has 0 spiro atoms. The van der Waals surface area contributed by atoms with Crippen molar-refractivity contribution >= 4 is 40.5 Å². The van der Waals surface area contributed by atoms with E-state index in [1.807, 2.05) is 25.1 Å². The molecule has 0 aliphatic heterocycles. The number of halogens is 1. The summed E-state index contributed by atoms with van der Waals surface area (Å²) in [5, 5.41) is 13.5. The molecular weight excluding hydrogens is 362 g/mol. The highest BCUT2D eigenvalue weighted by Gasteiger charge is 2.17. The summed E-state index contributed by atoms with van der Waals surface area (Å²) in [7, 11) is 3.66. The second kappa shape index (κ2) is 8.30. The number of carbonyl (C=O) groups is 2. The van der Waals surface area contributed by atoms with Crippen molar-refractivity contribution in [2.24, 2.45) is 0 Å². The van der Waals surface area contributed by atoms with Crippen LogP contribution in [-0.2, 0) is 9.53 Å². The summed E-state index contributed by atoms with van der Waals surface area (Å²) in [6.45, 7) is -0.589. The lowest BCUT2D eigenvalue weighted by molar-refractivity contribution is -0.383. The monoisotopic (exact) mass is 377 g/mol. The van der Waals surface area contributed by atoms with Gasteiger partial charge in [-0.3, -0.25) is 14.9 Å². The van der Waals surface area contributed by atoms with Crippen molar-refractivity contribution in [1.29, 1.82) is 0 Å². The molecule has 0 saturated carbocycles. The summed E-state index contributed by atoms with van der Waals surface area (Å²) < 4.78 is 4.96. The van der Waals surface area contributed by atoms with Gasteiger partial charge in [-0.15, -0.1) is 0 Å². The van der Waals surface area contributed by atoms with Gasteiger partial charge in [0, 0.05) is 30.9 Å². The fourth-order valence-electron chi connectivity index (χ4n) is 2.08. The minimum absolute atomic E-state index is 0.0712. The number of nitro benzene ring substituents is 1. The Labute approximate surface area is 154 Å². The molecule has 26 heavy (non-hydrogen) atoms. The fourth-order valence-corrected chi connectivity index (χ4v) is 2.25. The van der Waals surface area contributed by atoms with Crippen LogP contribution in [0.15, 0.2) is 42.5 Å². The first-order valence-corrected chi connectivity index (χ1v) is 7.84. The molecule has 1 N–H and O–H groups in total. The van der Waals surface area contributed by atoms with Crippen LogP contribution in [0.5, 0.6) is 0 Å². The van der Waals surface area contributed by atoms with E-state index in [4.69, 9.17) is 16.3 Å². The van der Waals surface area contributed by atoms with Crippen molar-refractivity contribution in [2.75, 3.05) is 30.9 Å². The number of hydrogen-bond acceptors (Lipinski definition) is 6. The van der Waals surface area contributed by atoms with Gasteiger partial charge in [0.05, 0.1) is 10.5 Å². The molecule has 0 aliphatic carbocycles. The fraction of sp³-hybridized carbons (Fsp3) is 0.176. The van der Waals surface area contributed by atoms with Crippen LogP contribution in [0.25, 0.3) is 0 Å². The average molecular weight is 378 g/mol. The molecule has 0 aromatic heterocycles.